The lowest BCUT2D eigenvalue weighted by Crippen LogP contribution is -2.38. The fourth-order valence-electron chi connectivity index (χ4n) is 3.65. The lowest BCUT2D eigenvalue weighted by atomic mass is 10.0. The quantitative estimate of drug-likeness (QED) is 0.844. The Kier molecular flexibility index (Phi) is 4.65. The molecule has 2 aliphatic rings. The predicted molar refractivity (Wildman–Crippen MR) is 93.1 cm³/mol. The molecule has 1 aromatic heterocycles. The molecule has 0 bridgehead atoms. The number of pyridine rings is 1. The van der Waals surface area contributed by atoms with Crippen molar-refractivity contribution in [2.45, 2.75) is 18.8 Å². The van der Waals surface area contributed by atoms with Crippen molar-refractivity contribution in [3.05, 3.63) is 65.5 Å². The molecule has 3 heterocycles. The monoisotopic (exact) mass is 349 g/mol. The van der Waals surface area contributed by atoms with E-state index in [4.69, 9.17) is 14.7 Å². The highest BCUT2D eigenvalue weighted by molar-refractivity contribution is 5.94. The summed E-state index contributed by atoms with van der Waals surface area (Å²) in [4.78, 5) is 18.9. The first-order valence-electron chi connectivity index (χ1n) is 8.65. The van der Waals surface area contributed by atoms with Crippen LogP contribution in [0.15, 0.2) is 48.8 Å². The largest absolute Gasteiger partial charge is 0.379 e. The molecule has 0 aliphatic carbocycles. The molecule has 0 unspecified atom stereocenters. The van der Waals surface area contributed by atoms with Crippen molar-refractivity contribution < 1.29 is 14.3 Å². The average Bonchev–Trinajstić information content (AvgIpc) is 3.30. The molecule has 26 heavy (non-hydrogen) atoms. The van der Waals surface area contributed by atoms with Crippen molar-refractivity contribution in [3.8, 4) is 6.07 Å². The van der Waals surface area contributed by atoms with E-state index in [0.717, 1.165) is 5.56 Å². The summed E-state index contributed by atoms with van der Waals surface area (Å²) >= 11 is 0. The van der Waals surface area contributed by atoms with E-state index in [0.29, 0.717) is 37.5 Å². The van der Waals surface area contributed by atoms with Crippen LogP contribution in [0.25, 0.3) is 0 Å². The van der Waals surface area contributed by atoms with Crippen LogP contribution in [0.2, 0.25) is 0 Å². The molecular weight excluding hydrogens is 330 g/mol. The lowest BCUT2D eigenvalue weighted by Gasteiger charge is -2.22. The number of nitriles is 1. The van der Waals surface area contributed by atoms with Crippen LogP contribution < -0.4 is 0 Å². The molecule has 0 radical (unpaired) electrons. The number of hydrogen-bond acceptors (Lipinski definition) is 5. The van der Waals surface area contributed by atoms with Gasteiger partial charge in [0, 0.05) is 30.4 Å². The zero-order chi connectivity index (χ0) is 17.9. The zero-order valence-corrected chi connectivity index (χ0v) is 14.2. The number of hydrogen-bond donors (Lipinski definition) is 0. The maximum Gasteiger partial charge on any atom is 0.254 e. The van der Waals surface area contributed by atoms with E-state index in [9.17, 15) is 4.79 Å². The first-order chi connectivity index (χ1) is 12.8. The van der Waals surface area contributed by atoms with Gasteiger partial charge in [-0.25, -0.2) is 0 Å². The Morgan fingerprint density at radius 2 is 2.15 bits per heavy atom. The van der Waals surface area contributed by atoms with Gasteiger partial charge in [-0.3, -0.25) is 9.78 Å². The Hall–Kier alpha value is -2.75. The Morgan fingerprint density at radius 3 is 2.88 bits per heavy atom. The maximum atomic E-state index is 12.9. The molecule has 4 rings (SSSR count). The van der Waals surface area contributed by atoms with Crippen LogP contribution in [0.3, 0.4) is 0 Å². The Bertz CT molecular complexity index is 816. The van der Waals surface area contributed by atoms with Gasteiger partial charge in [0.25, 0.3) is 5.91 Å². The third-order valence-electron chi connectivity index (χ3n) is 5.06. The second-order valence-corrected chi connectivity index (χ2v) is 6.63. The van der Waals surface area contributed by atoms with E-state index in [-0.39, 0.29) is 24.0 Å². The van der Waals surface area contributed by atoms with Gasteiger partial charge in [-0.1, -0.05) is 6.07 Å². The Morgan fingerprint density at radius 1 is 1.31 bits per heavy atom. The number of benzene rings is 1. The summed E-state index contributed by atoms with van der Waals surface area (Å²) in [6.07, 6.45) is 3.47. The highest BCUT2D eigenvalue weighted by atomic mass is 16.5. The topological polar surface area (TPSA) is 75.5 Å². The molecular formula is C20H19N3O3. The van der Waals surface area contributed by atoms with E-state index < -0.39 is 0 Å². The number of rotatable bonds is 4. The molecule has 0 N–H and O–H groups in total. The number of fused-ring (bicyclic) bond motifs is 1. The summed E-state index contributed by atoms with van der Waals surface area (Å²) in [5, 5.41) is 8.91. The highest BCUT2D eigenvalue weighted by Gasteiger charge is 2.48. The summed E-state index contributed by atoms with van der Waals surface area (Å²) in [5.41, 5.74) is 2.14. The first-order valence-corrected chi connectivity index (χ1v) is 8.65. The first kappa shape index (κ1) is 16.7. The standard InChI is InChI=1S/C20H19N3O3/c21-8-14-3-5-16(6-4-14)20(24)23-10-19(17-12-25-13-18(17)23)26-11-15-2-1-7-22-9-15/h1-7,9,17-19H,10-13H2/t17-,18+,19-/m0/s1. The van der Waals surface area contributed by atoms with E-state index in [2.05, 4.69) is 11.1 Å². The minimum absolute atomic E-state index is 0.0389. The molecule has 3 atom stereocenters. The van der Waals surface area contributed by atoms with Gasteiger partial charge in [0.1, 0.15) is 0 Å². The second-order valence-electron chi connectivity index (χ2n) is 6.63. The van der Waals surface area contributed by atoms with E-state index >= 15 is 0 Å². The normalized spacial score (nSPS) is 24.3. The predicted octanol–water partition coefficient (Wildman–Crippen LogP) is 2.01. The molecule has 0 saturated carbocycles. The minimum Gasteiger partial charge on any atom is -0.379 e. The van der Waals surface area contributed by atoms with Gasteiger partial charge >= 0.3 is 0 Å². The van der Waals surface area contributed by atoms with E-state index in [1.54, 1.807) is 36.7 Å². The summed E-state index contributed by atoms with van der Waals surface area (Å²) in [6.45, 7) is 2.18. The number of aromatic nitrogens is 1. The third-order valence-corrected chi connectivity index (χ3v) is 5.06. The van der Waals surface area contributed by atoms with Gasteiger partial charge in [-0.2, -0.15) is 5.26 Å². The number of amides is 1. The van der Waals surface area contributed by atoms with Gasteiger partial charge < -0.3 is 14.4 Å². The Balaban J connectivity index is 1.47. The Labute approximate surface area is 152 Å². The molecule has 1 aromatic carbocycles. The van der Waals surface area contributed by atoms with E-state index in [1.807, 2.05) is 17.0 Å². The third kappa shape index (κ3) is 3.19. The minimum atomic E-state index is -0.0509. The van der Waals surface area contributed by atoms with Crippen LogP contribution in [0, 0.1) is 17.2 Å². The molecule has 2 aliphatic heterocycles. The van der Waals surface area contributed by atoms with Crippen molar-refractivity contribution in [3.63, 3.8) is 0 Å². The van der Waals surface area contributed by atoms with Crippen molar-refractivity contribution in [2.24, 2.45) is 5.92 Å². The number of likely N-dealkylation sites (tertiary alicyclic amines) is 1. The summed E-state index contributed by atoms with van der Waals surface area (Å²) in [5.74, 6) is 0.150. The molecule has 2 saturated heterocycles. The smallest absolute Gasteiger partial charge is 0.254 e. The number of nitrogens with zero attached hydrogens (tertiary/aromatic N) is 3. The fourth-order valence-corrected chi connectivity index (χ4v) is 3.65. The molecule has 0 spiro atoms. The van der Waals surface area contributed by atoms with Gasteiger partial charge in [0.15, 0.2) is 0 Å². The SMILES string of the molecule is N#Cc1ccc(C(=O)N2C[C@H](OCc3cccnc3)[C@H]3COC[C@H]32)cc1. The molecule has 6 nitrogen and oxygen atoms in total. The summed E-state index contributed by atoms with van der Waals surface area (Å²) < 4.78 is 11.7. The van der Waals surface area contributed by atoms with Crippen LogP contribution in [0.5, 0.6) is 0 Å². The van der Waals surface area contributed by atoms with Crippen LogP contribution in [0.1, 0.15) is 21.5 Å². The van der Waals surface area contributed by atoms with Crippen molar-refractivity contribution in [1.82, 2.24) is 9.88 Å². The summed E-state index contributed by atoms with van der Waals surface area (Å²) in [7, 11) is 0. The van der Waals surface area contributed by atoms with Crippen LogP contribution in [-0.2, 0) is 16.1 Å². The fraction of sp³-hybridized carbons (Fsp3) is 0.350. The van der Waals surface area contributed by atoms with Gasteiger partial charge in [-0.15, -0.1) is 0 Å². The molecule has 2 aromatic rings. The molecule has 1 amide bonds. The number of carbonyl (C=O) groups excluding carboxylic acids is 1. The van der Waals surface area contributed by atoms with Gasteiger partial charge in [0.05, 0.1) is 43.6 Å². The van der Waals surface area contributed by atoms with Crippen molar-refractivity contribution >= 4 is 5.91 Å². The highest BCUT2D eigenvalue weighted by Crippen LogP contribution is 2.33. The van der Waals surface area contributed by atoms with E-state index in [1.165, 1.54) is 0 Å². The lowest BCUT2D eigenvalue weighted by molar-refractivity contribution is 0.00925. The number of carbonyl (C=O) groups is 1. The zero-order valence-electron chi connectivity index (χ0n) is 14.2. The van der Waals surface area contributed by atoms with Gasteiger partial charge in [0.2, 0.25) is 0 Å². The maximum absolute atomic E-state index is 12.9. The average molecular weight is 349 g/mol. The van der Waals surface area contributed by atoms with Crippen molar-refractivity contribution in [2.75, 3.05) is 19.8 Å². The molecule has 2 fully saturated rings. The van der Waals surface area contributed by atoms with Gasteiger partial charge in [-0.05, 0) is 35.9 Å². The molecule has 6 heteroatoms. The number of ether oxygens (including phenoxy) is 2. The van der Waals surface area contributed by atoms with Crippen molar-refractivity contribution in [1.29, 1.82) is 5.26 Å². The van der Waals surface area contributed by atoms with Crippen LogP contribution in [0.4, 0.5) is 0 Å². The molecule has 132 valence electrons. The summed E-state index contributed by atoms with van der Waals surface area (Å²) in [6, 6.07) is 12.7. The van der Waals surface area contributed by atoms with Crippen LogP contribution in [-0.4, -0.2) is 47.7 Å². The second kappa shape index (κ2) is 7.24. The van der Waals surface area contributed by atoms with Crippen LogP contribution >= 0.6 is 0 Å².